The van der Waals surface area contributed by atoms with E-state index in [9.17, 15) is 4.79 Å². The van der Waals surface area contributed by atoms with E-state index < -0.39 is 0 Å². The minimum absolute atomic E-state index is 0.0371. The van der Waals surface area contributed by atoms with Crippen molar-refractivity contribution in [3.8, 4) is 5.75 Å². The van der Waals surface area contributed by atoms with Gasteiger partial charge in [-0.3, -0.25) is 14.8 Å². The lowest BCUT2D eigenvalue weighted by Crippen LogP contribution is -2.38. The molecule has 1 atom stereocenters. The van der Waals surface area contributed by atoms with Crippen molar-refractivity contribution in [3.05, 3.63) is 47.3 Å². The number of nitrogens with one attached hydrogen (secondary N) is 1. The zero-order valence-corrected chi connectivity index (χ0v) is 16.8. The minimum Gasteiger partial charge on any atom is -0.496 e. The fourth-order valence-electron chi connectivity index (χ4n) is 4.91. The van der Waals surface area contributed by atoms with Crippen LogP contribution in [0.2, 0.25) is 0 Å². The molecule has 2 aromatic rings. The molecule has 1 N–H and O–H groups in total. The summed E-state index contributed by atoms with van der Waals surface area (Å²) in [6.45, 7) is 2.75. The predicted octanol–water partition coefficient (Wildman–Crippen LogP) is 4.56. The van der Waals surface area contributed by atoms with Crippen LogP contribution in [-0.4, -0.2) is 41.1 Å². The number of nitrogens with zero attached hydrogens (tertiary/aromatic N) is 2. The Morgan fingerprint density at radius 3 is 2.82 bits per heavy atom. The third-order valence-electron chi connectivity index (χ3n) is 6.41. The van der Waals surface area contributed by atoms with E-state index in [0.29, 0.717) is 17.2 Å². The van der Waals surface area contributed by atoms with Gasteiger partial charge in [-0.1, -0.05) is 31.4 Å². The third-order valence-corrected chi connectivity index (χ3v) is 6.41. The van der Waals surface area contributed by atoms with Crippen molar-refractivity contribution in [2.45, 2.75) is 57.4 Å². The second-order valence-corrected chi connectivity index (χ2v) is 8.28. The molecule has 1 aromatic carbocycles. The monoisotopic (exact) mass is 381 g/mol. The molecule has 2 heterocycles. The Morgan fingerprint density at radius 1 is 1.18 bits per heavy atom. The van der Waals surface area contributed by atoms with Gasteiger partial charge in [0, 0.05) is 36.2 Å². The molecule has 1 aromatic heterocycles. The molecule has 0 amide bonds. The Labute approximate surface area is 167 Å². The van der Waals surface area contributed by atoms with Crippen molar-refractivity contribution in [3.63, 3.8) is 0 Å². The second kappa shape index (κ2) is 8.91. The first-order chi connectivity index (χ1) is 13.8. The number of carbonyl (C=O) groups excluding carboxylic acids is 1. The van der Waals surface area contributed by atoms with Gasteiger partial charge < -0.3 is 4.74 Å². The van der Waals surface area contributed by atoms with Crippen LogP contribution in [0.25, 0.3) is 0 Å². The lowest BCUT2D eigenvalue weighted by Gasteiger charge is -2.32. The summed E-state index contributed by atoms with van der Waals surface area (Å²) in [7, 11) is 1.63. The molecule has 2 fully saturated rings. The van der Waals surface area contributed by atoms with Gasteiger partial charge in [-0.05, 0) is 44.4 Å². The Hall–Kier alpha value is -2.14. The highest BCUT2D eigenvalue weighted by atomic mass is 16.5. The number of likely N-dealkylation sites (tertiary alicyclic amines) is 1. The fourth-order valence-corrected chi connectivity index (χ4v) is 4.91. The molecule has 1 saturated carbocycles. The standard InChI is InChI=1S/C23H31N3O2/c1-28-21-12-6-5-11-20(21)23(27)18-10-7-13-26(15-18)16-19-14-24-25-22(19)17-8-3-2-4-9-17/h5-6,11-12,14,17-18H,2-4,7-10,13,15-16H2,1H3,(H,24,25)/t18-/m1/s1. The van der Waals surface area contributed by atoms with Crippen molar-refractivity contribution in [2.24, 2.45) is 5.92 Å². The molecule has 0 bridgehead atoms. The molecule has 1 aliphatic heterocycles. The van der Waals surface area contributed by atoms with Crippen LogP contribution in [-0.2, 0) is 6.54 Å². The highest BCUT2D eigenvalue weighted by molar-refractivity contribution is 6.00. The van der Waals surface area contributed by atoms with Gasteiger partial charge in [-0.15, -0.1) is 0 Å². The normalized spacial score (nSPS) is 21.5. The summed E-state index contributed by atoms with van der Waals surface area (Å²) >= 11 is 0. The number of aromatic nitrogens is 2. The van der Waals surface area contributed by atoms with Gasteiger partial charge >= 0.3 is 0 Å². The van der Waals surface area contributed by atoms with E-state index in [0.717, 1.165) is 32.5 Å². The van der Waals surface area contributed by atoms with Gasteiger partial charge in [0.05, 0.1) is 18.9 Å². The van der Waals surface area contributed by atoms with Crippen LogP contribution in [0, 0.1) is 5.92 Å². The molecule has 1 saturated heterocycles. The van der Waals surface area contributed by atoms with Gasteiger partial charge in [0.15, 0.2) is 5.78 Å². The van der Waals surface area contributed by atoms with Gasteiger partial charge in [0.1, 0.15) is 5.75 Å². The molecule has 2 aliphatic rings. The van der Waals surface area contributed by atoms with E-state index in [1.165, 1.54) is 43.4 Å². The fraction of sp³-hybridized carbons (Fsp3) is 0.565. The number of methoxy groups -OCH3 is 1. The lowest BCUT2D eigenvalue weighted by molar-refractivity contribution is 0.0808. The van der Waals surface area contributed by atoms with E-state index in [1.807, 2.05) is 30.5 Å². The van der Waals surface area contributed by atoms with Crippen molar-refractivity contribution >= 4 is 5.78 Å². The van der Waals surface area contributed by atoms with Crippen LogP contribution < -0.4 is 4.74 Å². The maximum Gasteiger partial charge on any atom is 0.170 e. The molecule has 1 aliphatic carbocycles. The van der Waals surface area contributed by atoms with Crippen LogP contribution in [0.4, 0.5) is 0 Å². The number of Topliss-reactive ketones (excluding diaryl/α,β-unsaturated/α-hetero) is 1. The summed E-state index contributed by atoms with van der Waals surface area (Å²) in [6, 6.07) is 7.58. The quantitative estimate of drug-likeness (QED) is 0.745. The molecule has 150 valence electrons. The van der Waals surface area contributed by atoms with Crippen LogP contribution in [0.3, 0.4) is 0 Å². The predicted molar refractivity (Wildman–Crippen MR) is 110 cm³/mol. The molecule has 28 heavy (non-hydrogen) atoms. The number of aromatic amines is 1. The van der Waals surface area contributed by atoms with E-state index in [-0.39, 0.29) is 11.7 Å². The molecule has 0 radical (unpaired) electrons. The molecule has 4 rings (SSSR count). The zero-order chi connectivity index (χ0) is 19.3. The summed E-state index contributed by atoms with van der Waals surface area (Å²) in [4.78, 5) is 15.5. The Kier molecular flexibility index (Phi) is 6.10. The number of rotatable bonds is 6. The van der Waals surface area contributed by atoms with Crippen LogP contribution in [0.15, 0.2) is 30.5 Å². The maximum atomic E-state index is 13.1. The highest BCUT2D eigenvalue weighted by Crippen LogP contribution is 2.34. The summed E-state index contributed by atoms with van der Waals surface area (Å²) in [6.07, 6.45) is 10.5. The van der Waals surface area contributed by atoms with Crippen LogP contribution >= 0.6 is 0 Å². The molecule has 0 unspecified atom stereocenters. The molecule has 0 spiro atoms. The maximum absolute atomic E-state index is 13.1. The summed E-state index contributed by atoms with van der Waals surface area (Å²) < 4.78 is 5.41. The Morgan fingerprint density at radius 2 is 2.00 bits per heavy atom. The number of ketones is 1. The molecular weight excluding hydrogens is 350 g/mol. The van der Waals surface area contributed by atoms with Gasteiger partial charge in [-0.2, -0.15) is 5.10 Å². The minimum atomic E-state index is 0.0371. The highest BCUT2D eigenvalue weighted by Gasteiger charge is 2.29. The summed E-state index contributed by atoms with van der Waals surface area (Å²) in [5.74, 6) is 1.55. The van der Waals surface area contributed by atoms with Gasteiger partial charge in [0.25, 0.3) is 0 Å². The van der Waals surface area contributed by atoms with Gasteiger partial charge in [0.2, 0.25) is 0 Å². The first-order valence-electron chi connectivity index (χ1n) is 10.7. The number of ether oxygens (including phenoxy) is 1. The number of carbonyl (C=O) groups is 1. The Bertz CT molecular complexity index is 795. The van der Waals surface area contributed by atoms with Crippen molar-refractivity contribution < 1.29 is 9.53 Å². The topological polar surface area (TPSA) is 58.2 Å². The average molecular weight is 382 g/mol. The molecule has 5 nitrogen and oxygen atoms in total. The Balaban J connectivity index is 1.43. The third kappa shape index (κ3) is 4.14. The first-order valence-corrected chi connectivity index (χ1v) is 10.7. The number of hydrogen-bond donors (Lipinski definition) is 1. The summed E-state index contributed by atoms with van der Waals surface area (Å²) in [5, 5.41) is 7.63. The first kappa shape index (κ1) is 19.2. The number of H-pyrrole nitrogens is 1. The van der Waals surface area contributed by atoms with Crippen molar-refractivity contribution in [1.29, 1.82) is 0 Å². The van der Waals surface area contributed by atoms with E-state index in [2.05, 4.69) is 15.1 Å². The van der Waals surface area contributed by atoms with Crippen LogP contribution in [0.5, 0.6) is 5.75 Å². The number of benzene rings is 1. The summed E-state index contributed by atoms with van der Waals surface area (Å²) in [5.41, 5.74) is 3.36. The van der Waals surface area contributed by atoms with Crippen molar-refractivity contribution in [1.82, 2.24) is 15.1 Å². The van der Waals surface area contributed by atoms with Crippen molar-refractivity contribution in [2.75, 3.05) is 20.2 Å². The van der Waals surface area contributed by atoms with E-state index in [4.69, 9.17) is 4.74 Å². The zero-order valence-electron chi connectivity index (χ0n) is 16.8. The lowest BCUT2D eigenvalue weighted by atomic mass is 9.85. The smallest absolute Gasteiger partial charge is 0.170 e. The number of hydrogen-bond acceptors (Lipinski definition) is 4. The van der Waals surface area contributed by atoms with Crippen LogP contribution in [0.1, 0.15) is 72.5 Å². The van der Waals surface area contributed by atoms with E-state index >= 15 is 0 Å². The van der Waals surface area contributed by atoms with E-state index in [1.54, 1.807) is 7.11 Å². The molecule has 5 heteroatoms. The number of para-hydroxylation sites is 1. The second-order valence-electron chi connectivity index (χ2n) is 8.28. The largest absolute Gasteiger partial charge is 0.496 e. The number of piperidine rings is 1. The van der Waals surface area contributed by atoms with Gasteiger partial charge in [-0.25, -0.2) is 0 Å². The molecular formula is C23H31N3O2. The SMILES string of the molecule is COc1ccccc1C(=O)[C@@H]1CCCN(Cc2cn[nH]c2C2CCCCC2)C1. The average Bonchev–Trinajstić information content (AvgIpc) is 3.22.